The Labute approximate surface area is 158 Å². The van der Waals surface area contributed by atoms with Crippen molar-refractivity contribution in [3.05, 3.63) is 34.8 Å². The van der Waals surface area contributed by atoms with Gasteiger partial charge in [0.25, 0.3) is 0 Å². The maximum Gasteiger partial charge on any atom is 0.420 e. The molecule has 0 aliphatic heterocycles. The molecule has 0 spiro atoms. The summed E-state index contributed by atoms with van der Waals surface area (Å²) in [5, 5.41) is 32.0. The Morgan fingerprint density at radius 2 is 1.89 bits per heavy atom. The summed E-state index contributed by atoms with van der Waals surface area (Å²) in [7, 11) is 0. The van der Waals surface area contributed by atoms with Crippen molar-refractivity contribution in [3.63, 3.8) is 0 Å². The smallest absolute Gasteiger partial charge is 0.420 e. The number of aromatic nitrogens is 3. The van der Waals surface area contributed by atoms with Crippen LogP contribution >= 0.6 is 0 Å². The van der Waals surface area contributed by atoms with E-state index in [-0.39, 0.29) is 17.1 Å². The Hall–Kier alpha value is -2.66. The summed E-state index contributed by atoms with van der Waals surface area (Å²) in [5.74, 6) is -2.31. The average Bonchev–Trinajstić information content (AvgIpc) is 2.90. The molecule has 28 heavy (non-hydrogen) atoms. The Bertz CT molecular complexity index is 887. The Kier molecular flexibility index (Phi) is 5.72. The van der Waals surface area contributed by atoms with Crippen LogP contribution in [0.5, 0.6) is 11.6 Å². The van der Waals surface area contributed by atoms with Crippen LogP contribution < -0.4 is 4.74 Å². The van der Waals surface area contributed by atoms with Crippen molar-refractivity contribution in [1.82, 2.24) is 14.8 Å². The molecule has 2 heterocycles. The normalized spacial score (nSPS) is 13.5. The van der Waals surface area contributed by atoms with E-state index < -0.39 is 47.3 Å². The largest absolute Gasteiger partial charge is 0.476 e. The van der Waals surface area contributed by atoms with Crippen molar-refractivity contribution >= 4 is 5.97 Å². The zero-order chi connectivity index (χ0) is 21.4. The molecule has 0 fully saturated rings. The van der Waals surface area contributed by atoms with Crippen LogP contribution in [0.3, 0.4) is 0 Å². The monoisotopic (exact) mass is 403 g/mol. The maximum atomic E-state index is 13.7. The predicted molar refractivity (Wildman–Crippen MR) is 90.3 cm³/mol. The number of rotatable bonds is 5. The number of carbonyl (C=O) groups is 1. The number of aliphatic hydroxyl groups is 2. The van der Waals surface area contributed by atoms with Gasteiger partial charge in [0, 0.05) is 17.3 Å². The number of pyridine rings is 1. The molecule has 2 aromatic heterocycles. The second-order valence-electron chi connectivity index (χ2n) is 7.07. The fourth-order valence-electron chi connectivity index (χ4n) is 2.55. The third-order valence-electron chi connectivity index (χ3n) is 3.87. The minimum atomic E-state index is -4.93. The molecule has 0 aliphatic rings. The number of ether oxygens (including phenoxy) is 1. The third-order valence-corrected chi connectivity index (χ3v) is 3.87. The number of hydrogen-bond donors (Lipinski definition) is 3. The lowest BCUT2D eigenvalue weighted by Crippen LogP contribution is -2.24. The van der Waals surface area contributed by atoms with Gasteiger partial charge in [-0.15, -0.1) is 0 Å². The summed E-state index contributed by atoms with van der Waals surface area (Å²) in [6.45, 7) is 5.43. The topological polar surface area (TPSA) is 118 Å². The van der Waals surface area contributed by atoms with E-state index in [9.17, 15) is 28.2 Å². The number of carboxylic acid groups (broad SMARTS) is 1. The van der Waals surface area contributed by atoms with Crippen molar-refractivity contribution in [2.24, 2.45) is 0 Å². The molecule has 2 aromatic rings. The summed E-state index contributed by atoms with van der Waals surface area (Å²) in [4.78, 5) is 15.0. The van der Waals surface area contributed by atoms with Crippen LogP contribution in [0.15, 0.2) is 12.4 Å². The number of alkyl halides is 3. The van der Waals surface area contributed by atoms with Crippen LogP contribution in [0.4, 0.5) is 13.2 Å². The number of aromatic carboxylic acids is 1. The molecular weight excluding hydrogens is 383 g/mol. The van der Waals surface area contributed by atoms with Gasteiger partial charge in [-0.2, -0.15) is 18.3 Å². The minimum Gasteiger partial charge on any atom is -0.476 e. The summed E-state index contributed by atoms with van der Waals surface area (Å²) in [6.07, 6.45) is -5.17. The minimum absolute atomic E-state index is 0.0312. The predicted octanol–water partition coefficient (Wildman–Crippen LogP) is 2.88. The summed E-state index contributed by atoms with van der Waals surface area (Å²) in [6, 6.07) is 0. The van der Waals surface area contributed by atoms with Gasteiger partial charge in [-0.1, -0.05) is 0 Å². The summed E-state index contributed by atoms with van der Waals surface area (Å²) < 4.78 is 47.6. The van der Waals surface area contributed by atoms with E-state index in [0.717, 1.165) is 12.4 Å². The lowest BCUT2D eigenvalue weighted by atomic mass is 10.0. The second-order valence-corrected chi connectivity index (χ2v) is 7.07. The van der Waals surface area contributed by atoms with Crippen LogP contribution in [-0.4, -0.2) is 42.7 Å². The van der Waals surface area contributed by atoms with Gasteiger partial charge in [-0.25, -0.2) is 9.48 Å². The Morgan fingerprint density at radius 1 is 1.29 bits per heavy atom. The van der Waals surface area contributed by atoms with Gasteiger partial charge in [-0.05, 0) is 27.7 Å². The molecule has 0 aliphatic carbocycles. The van der Waals surface area contributed by atoms with Gasteiger partial charge in [0.2, 0.25) is 5.88 Å². The molecule has 0 saturated heterocycles. The molecular formula is C17H20F3N3O5. The molecule has 0 bridgehead atoms. The van der Waals surface area contributed by atoms with E-state index in [1.165, 1.54) is 11.6 Å². The number of halogens is 3. The van der Waals surface area contributed by atoms with Crippen molar-refractivity contribution in [1.29, 1.82) is 0 Å². The maximum absolute atomic E-state index is 13.7. The SMILES string of the molecule is Cc1c(C(=O)O)nn(C(C)(C)C)c1Oc1cncc(C(O)CO)c1C(F)(F)F. The van der Waals surface area contributed by atoms with Crippen LogP contribution in [0.2, 0.25) is 0 Å². The van der Waals surface area contributed by atoms with Gasteiger partial charge in [0.05, 0.1) is 18.3 Å². The van der Waals surface area contributed by atoms with Crippen molar-refractivity contribution < 1.29 is 38.0 Å². The summed E-state index contributed by atoms with van der Waals surface area (Å²) >= 11 is 0. The van der Waals surface area contributed by atoms with E-state index in [0.29, 0.717) is 0 Å². The highest BCUT2D eigenvalue weighted by atomic mass is 19.4. The molecule has 1 atom stereocenters. The number of aliphatic hydroxyl groups excluding tert-OH is 2. The average molecular weight is 403 g/mol. The van der Waals surface area contributed by atoms with E-state index in [2.05, 4.69) is 10.1 Å². The van der Waals surface area contributed by atoms with E-state index >= 15 is 0 Å². The van der Waals surface area contributed by atoms with E-state index in [1.807, 2.05) is 0 Å². The molecule has 154 valence electrons. The van der Waals surface area contributed by atoms with Crippen LogP contribution in [0.25, 0.3) is 0 Å². The zero-order valence-electron chi connectivity index (χ0n) is 15.6. The first-order valence-corrected chi connectivity index (χ1v) is 8.14. The van der Waals surface area contributed by atoms with Crippen LogP contribution in [0.1, 0.15) is 54.1 Å². The molecule has 11 heteroatoms. The second kappa shape index (κ2) is 7.40. The highest BCUT2D eigenvalue weighted by molar-refractivity contribution is 5.87. The lowest BCUT2D eigenvalue weighted by Gasteiger charge is -2.24. The molecule has 3 N–H and O–H groups in total. The van der Waals surface area contributed by atoms with Crippen molar-refractivity contribution in [2.75, 3.05) is 6.61 Å². The molecule has 0 radical (unpaired) electrons. The molecule has 1 unspecified atom stereocenters. The van der Waals surface area contributed by atoms with E-state index in [1.54, 1.807) is 20.8 Å². The van der Waals surface area contributed by atoms with Gasteiger partial charge < -0.3 is 20.1 Å². The molecule has 0 amide bonds. The quantitative estimate of drug-likeness (QED) is 0.703. The third kappa shape index (κ3) is 4.09. The van der Waals surface area contributed by atoms with Gasteiger partial charge in [0.1, 0.15) is 11.7 Å². The van der Waals surface area contributed by atoms with Gasteiger partial charge in [-0.3, -0.25) is 4.98 Å². The standard InChI is InChI=1S/C17H20F3N3O5/c1-8-13(15(26)27)22-23(16(2,3)4)14(8)28-11-6-21-5-9(10(25)7-24)12(11)17(18,19)20/h5-6,10,24-25H,7H2,1-4H3,(H,26,27). The fraction of sp³-hybridized carbons (Fsp3) is 0.471. The Morgan fingerprint density at radius 3 is 2.36 bits per heavy atom. The lowest BCUT2D eigenvalue weighted by molar-refractivity contribution is -0.140. The van der Waals surface area contributed by atoms with Crippen LogP contribution in [0, 0.1) is 6.92 Å². The zero-order valence-corrected chi connectivity index (χ0v) is 15.6. The van der Waals surface area contributed by atoms with E-state index in [4.69, 9.17) is 9.84 Å². The number of hydrogen-bond acceptors (Lipinski definition) is 6. The first kappa shape index (κ1) is 21.6. The first-order valence-electron chi connectivity index (χ1n) is 8.14. The van der Waals surface area contributed by atoms with Gasteiger partial charge >= 0.3 is 12.1 Å². The van der Waals surface area contributed by atoms with Crippen molar-refractivity contribution in [3.8, 4) is 11.6 Å². The number of nitrogens with zero attached hydrogens (tertiary/aromatic N) is 3. The highest BCUT2D eigenvalue weighted by Crippen LogP contribution is 2.43. The van der Waals surface area contributed by atoms with Crippen molar-refractivity contribution in [2.45, 2.75) is 45.5 Å². The highest BCUT2D eigenvalue weighted by Gasteiger charge is 2.40. The number of carboxylic acids is 1. The van der Waals surface area contributed by atoms with Gasteiger partial charge in [0.15, 0.2) is 11.4 Å². The Balaban J connectivity index is 2.72. The first-order chi connectivity index (χ1) is 12.8. The molecule has 2 rings (SSSR count). The fourth-order valence-corrected chi connectivity index (χ4v) is 2.55. The summed E-state index contributed by atoms with van der Waals surface area (Å²) in [5.41, 5.74) is -3.11. The van der Waals surface area contributed by atoms with Crippen LogP contribution in [-0.2, 0) is 11.7 Å². The molecule has 8 nitrogen and oxygen atoms in total. The molecule has 0 aromatic carbocycles. The molecule has 0 saturated carbocycles.